The van der Waals surface area contributed by atoms with E-state index < -0.39 is 78.1 Å². The van der Waals surface area contributed by atoms with E-state index in [-0.39, 0.29) is 62.7 Å². The second kappa shape index (κ2) is 21.9. The molecule has 0 spiro atoms. The van der Waals surface area contributed by atoms with E-state index in [1.54, 1.807) is 36.4 Å². The van der Waals surface area contributed by atoms with Crippen LogP contribution in [0, 0.1) is 11.8 Å². The van der Waals surface area contributed by atoms with Crippen molar-refractivity contribution < 1.29 is 38.7 Å². The molecule has 306 valence electrons. The molecule has 2 aromatic rings. The Balaban J connectivity index is 1.64. The third-order valence-electron chi connectivity index (χ3n) is 9.95. The van der Waals surface area contributed by atoms with Gasteiger partial charge in [-0.05, 0) is 73.6 Å². The van der Waals surface area contributed by atoms with Gasteiger partial charge in [-0.1, -0.05) is 73.7 Å². The van der Waals surface area contributed by atoms with Crippen molar-refractivity contribution in [1.29, 1.82) is 0 Å². The standard InChI is InChI=1S/C41H54N8O8/c1-25-9-5-6-12-28(25)23-34-41(57)48-33(22-26-10-3-2-4-11-26)40(56)47-31(38(54)45-24-35(43)51)13-7-8-20-44-36(52)19-18-32(39(55)49-34)46-37(53)30(42)21-27-14-16-29(50)17-15-27/h2-6,9-12,14-17,25,28,30-34,50H,7-8,13,18-24,42H2,1H3,(H2,43,51)(H,44,52)(H,45,54)(H,46,53)(H,47,56)(H,48,57)(H,49,55). The van der Waals surface area contributed by atoms with Crippen LogP contribution < -0.4 is 43.4 Å². The van der Waals surface area contributed by atoms with Crippen LogP contribution in [0.15, 0.2) is 78.9 Å². The van der Waals surface area contributed by atoms with Crippen LogP contribution in [0.1, 0.15) is 56.6 Å². The lowest BCUT2D eigenvalue weighted by Gasteiger charge is -2.30. The van der Waals surface area contributed by atoms with Gasteiger partial charge in [0.2, 0.25) is 41.4 Å². The normalized spacial score (nSPS) is 24.3. The van der Waals surface area contributed by atoms with Gasteiger partial charge in [0.1, 0.15) is 29.9 Å². The molecule has 1 saturated heterocycles. The summed E-state index contributed by atoms with van der Waals surface area (Å²) >= 11 is 0. The van der Waals surface area contributed by atoms with Crippen LogP contribution in [-0.2, 0) is 46.4 Å². The maximum absolute atomic E-state index is 14.3. The van der Waals surface area contributed by atoms with Crippen LogP contribution in [0.4, 0.5) is 0 Å². The molecule has 2 aliphatic rings. The number of benzene rings is 2. The second-order valence-corrected chi connectivity index (χ2v) is 14.5. The van der Waals surface area contributed by atoms with Crippen molar-refractivity contribution in [2.45, 2.75) is 88.5 Å². The summed E-state index contributed by atoms with van der Waals surface area (Å²) in [7, 11) is 0. The molecular weight excluding hydrogens is 732 g/mol. The van der Waals surface area contributed by atoms with Gasteiger partial charge in [-0.15, -0.1) is 0 Å². The number of phenols is 1. The Bertz CT molecular complexity index is 1780. The monoisotopic (exact) mass is 786 g/mol. The van der Waals surface area contributed by atoms with Crippen molar-refractivity contribution in [3.8, 4) is 5.75 Å². The second-order valence-electron chi connectivity index (χ2n) is 14.5. The van der Waals surface area contributed by atoms with Crippen molar-refractivity contribution in [3.05, 3.63) is 90.0 Å². The average molecular weight is 787 g/mol. The van der Waals surface area contributed by atoms with E-state index in [4.69, 9.17) is 11.5 Å². The van der Waals surface area contributed by atoms with Crippen molar-refractivity contribution in [2.75, 3.05) is 13.1 Å². The molecule has 0 bridgehead atoms. The summed E-state index contributed by atoms with van der Waals surface area (Å²) < 4.78 is 0. The third kappa shape index (κ3) is 14.5. The molecule has 16 nitrogen and oxygen atoms in total. The van der Waals surface area contributed by atoms with Crippen LogP contribution in [0.2, 0.25) is 0 Å². The maximum atomic E-state index is 14.3. The minimum atomic E-state index is -1.26. The quantitative estimate of drug-likeness (QED) is 0.147. The van der Waals surface area contributed by atoms with Gasteiger partial charge in [0.05, 0.1) is 12.6 Å². The fraction of sp³-hybridized carbons (Fsp3) is 0.439. The molecule has 0 radical (unpaired) electrons. The minimum absolute atomic E-state index is 0.00655. The summed E-state index contributed by atoms with van der Waals surface area (Å²) in [6.07, 6.45) is 8.57. The molecule has 7 unspecified atom stereocenters. The number of hydrogen-bond donors (Lipinski definition) is 9. The minimum Gasteiger partial charge on any atom is -0.508 e. The molecule has 1 aliphatic carbocycles. The lowest BCUT2D eigenvalue weighted by molar-refractivity contribution is -0.135. The Kier molecular flexibility index (Phi) is 16.8. The topological polar surface area (TPSA) is 264 Å². The average Bonchev–Trinajstić information content (AvgIpc) is 3.18. The largest absolute Gasteiger partial charge is 0.508 e. The van der Waals surface area contributed by atoms with E-state index in [0.29, 0.717) is 24.0 Å². The molecule has 16 heteroatoms. The smallest absolute Gasteiger partial charge is 0.243 e. The number of rotatable bonds is 11. The number of allylic oxidation sites excluding steroid dienone is 4. The van der Waals surface area contributed by atoms with Gasteiger partial charge in [-0.3, -0.25) is 33.6 Å². The highest BCUT2D eigenvalue weighted by atomic mass is 16.3. The van der Waals surface area contributed by atoms with Gasteiger partial charge in [0, 0.05) is 19.4 Å². The first-order valence-electron chi connectivity index (χ1n) is 19.3. The Labute approximate surface area is 332 Å². The van der Waals surface area contributed by atoms with Gasteiger partial charge >= 0.3 is 0 Å². The number of phenolic OH excluding ortho intramolecular Hbond substituents is 1. The SMILES string of the molecule is CC1C=CC=CC1CC1NC(=O)C(NC(=O)C(N)Cc2ccc(O)cc2)CCC(=O)NCCCCC(C(=O)NCC(N)=O)NC(=O)C(Cc2ccccc2)NC1=O. The number of carbonyl (C=O) groups is 7. The highest BCUT2D eigenvalue weighted by Gasteiger charge is 2.34. The predicted octanol–water partition coefficient (Wildman–Crippen LogP) is -0.106. The zero-order valence-corrected chi connectivity index (χ0v) is 32.1. The first-order chi connectivity index (χ1) is 27.3. The van der Waals surface area contributed by atoms with Crippen LogP contribution in [0.3, 0.4) is 0 Å². The summed E-state index contributed by atoms with van der Waals surface area (Å²) in [5.41, 5.74) is 12.9. The van der Waals surface area contributed by atoms with E-state index in [1.165, 1.54) is 12.1 Å². The summed E-state index contributed by atoms with van der Waals surface area (Å²) in [6.45, 7) is 1.75. The van der Waals surface area contributed by atoms with Crippen LogP contribution >= 0.6 is 0 Å². The molecule has 57 heavy (non-hydrogen) atoms. The molecule has 1 heterocycles. The van der Waals surface area contributed by atoms with Gasteiger partial charge in [-0.2, -0.15) is 0 Å². The highest BCUT2D eigenvalue weighted by molar-refractivity contribution is 5.96. The summed E-state index contributed by atoms with van der Waals surface area (Å²) in [5, 5.41) is 25.9. The van der Waals surface area contributed by atoms with Crippen LogP contribution in [0.25, 0.3) is 0 Å². The van der Waals surface area contributed by atoms with Crippen LogP contribution in [-0.4, -0.2) is 89.8 Å². The van der Waals surface area contributed by atoms with Gasteiger partial charge in [0.25, 0.3) is 0 Å². The summed E-state index contributed by atoms with van der Waals surface area (Å²) in [6, 6.07) is 9.30. The molecule has 11 N–H and O–H groups in total. The van der Waals surface area contributed by atoms with Crippen molar-refractivity contribution in [2.24, 2.45) is 23.3 Å². The fourth-order valence-electron chi connectivity index (χ4n) is 6.59. The molecular formula is C41H54N8O8. The van der Waals surface area contributed by atoms with Crippen molar-refractivity contribution in [3.63, 3.8) is 0 Å². The van der Waals surface area contributed by atoms with E-state index in [1.807, 2.05) is 37.3 Å². The summed E-state index contributed by atoms with van der Waals surface area (Å²) in [5.74, 6) is -4.70. The number of primary amides is 1. The Morgan fingerprint density at radius 1 is 0.842 bits per heavy atom. The van der Waals surface area contributed by atoms with E-state index in [0.717, 1.165) is 0 Å². The summed E-state index contributed by atoms with van der Waals surface area (Å²) in [4.78, 5) is 93.4. The van der Waals surface area contributed by atoms with E-state index >= 15 is 0 Å². The van der Waals surface area contributed by atoms with Crippen molar-refractivity contribution >= 4 is 41.4 Å². The Morgan fingerprint density at radius 3 is 2.23 bits per heavy atom. The first kappa shape index (κ1) is 43.7. The molecule has 1 aliphatic heterocycles. The predicted molar refractivity (Wildman–Crippen MR) is 212 cm³/mol. The molecule has 4 rings (SSSR count). The third-order valence-corrected chi connectivity index (χ3v) is 9.95. The molecule has 7 amide bonds. The zero-order chi connectivity index (χ0) is 41.3. The lowest BCUT2D eigenvalue weighted by Crippen LogP contribution is -2.59. The number of aromatic hydroxyl groups is 1. The zero-order valence-electron chi connectivity index (χ0n) is 32.1. The molecule has 2 aromatic carbocycles. The van der Waals surface area contributed by atoms with Gasteiger partial charge in [-0.25, -0.2) is 0 Å². The van der Waals surface area contributed by atoms with Crippen molar-refractivity contribution in [1.82, 2.24) is 31.9 Å². The Morgan fingerprint density at radius 2 is 1.53 bits per heavy atom. The lowest BCUT2D eigenvalue weighted by atomic mass is 9.84. The van der Waals surface area contributed by atoms with E-state index in [9.17, 15) is 38.7 Å². The molecule has 0 saturated carbocycles. The number of nitrogens with two attached hydrogens (primary N) is 2. The molecule has 0 aromatic heterocycles. The molecule has 7 atom stereocenters. The number of hydrogen-bond acceptors (Lipinski definition) is 9. The van der Waals surface area contributed by atoms with Gasteiger partial charge in [0.15, 0.2) is 0 Å². The number of amides is 7. The highest BCUT2D eigenvalue weighted by Crippen LogP contribution is 2.24. The fourth-order valence-corrected chi connectivity index (χ4v) is 6.59. The number of nitrogens with one attached hydrogen (secondary N) is 6. The maximum Gasteiger partial charge on any atom is 0.243 e. The van der Waals surface area contributed by atoms with E-state index in [2.05, 4.69) is 31.9 Å². The first-order valence-corrected chi connectivity index (χ1v) is 19.3. The van der Waals surface area contributed by atoms with Gasteiger partial charge < -0.3 is 48.5 Å². The van der Waals surface area contributed by atoms with Crippen LogP contribution in [0.5, 0.6) is 5.75 Å². The number of carbonyl (C=O) groups excluding carboxylic acids is 7. The molecule has 1 fully saturated rings. The Hall–Kier alpha value is -6.03.